The van der Waals surface area contributed by atoms with Gasteiger partial charge in [-0.15, -0.1) is 0 Å². The molecule has 2 aromatic heterocycles. The number of aromatic nitrogens is 3. The highest BCUT2D eigenvalue weighted by Gasteiger charge is 2.43. The van der Waals surface area contributed by atoms with Gasteiger partial charge in [0.1, 0.15) is 0 Å². The van der Waals surface area contributed by atoms with Gasteiger partial charge in [0.05, 0.1) is 5.54 Å². The number of benzene rings is 1. The van der Waals surface area contributed by atoms with Crippen LogP contribution in [-0.4, -0.2) is 50.1 Å². The maximum atomic E-state index is 13.3. The van der Waals surface area contributed by atoms with Crippen LogP contribution in [0.5, 0.6) is 0 Å². The summed E-state index contributed by atoms with van der Waals surface area (Å²) in [6, 6.07) is 7.87. The van der Waals surface area contributed by atoms with Crippen molar-refractivity contribution in [2.75, 3.05) is 13.1 Å². The number of aryl methyl sites for hydroxylation is 1. The molecule has 1 fully saturated rings. The molecule has 2 aliphatic rings. The van der Waals surface area contributed by atoms with Gasteiger partial charge in [0.25, 0.3) is 11.8 Å². The predicted molar refractivity (Wildman–Crippen MR) is 127 cm³/mol. The number of hydrogen-bond acceptors (Lipinski definition) is 4. The summed E-state index contributed by atoms with van der Waals surface area (Å²) in [7, 11) is 0. The molecule has 33 heavy (non-hydrogen) atoms. The monoisotopic (exact) mass is 445 g/mol. The molecule has 1 aromatic carbocycles. The predicted octanol–water partition coefficient (Wildman–Crippen LogP) is 3.71. The minimum Gasteiger partial charge on any atom is -0.345 e. The Kier molecular flexibility index (Phi) is 5.03. The molecule has 5 rings (SSSR count). The van der Waals surface area contributed by atoms with Crippen molar-refractivity contribution in [2.24, 2.45) is 0 Å². The number of piperidine rings is 1. The molecule has 0 radical (unpaired) electrons. The lowest BCUT2D eigenvalue weighted by atomic mass is 9.79. The van der Waals surface area contributed by atoms with Gasteiger partial charge in [0, 0.05) is 53.2 Å². The molecule has 1 saturated heterocycles. The van der Waals surface area contributed by atoms with Crippen LogP contribution in [0.3, 0.4) is 0 Å². The lowest BCUT2D eigenvalue weighted by Crippen LogP contribution is -2.59. The Hall–Kier alpha value is -3.22. The zero-order chi connectivity index (χ0) is 23.4. The minimum absolute atomic E-state index is 0.0426. The number of hydrogen-bond donors (Lipinski definition) is 1. The molecule has 0 unspecified atom stereocenters. The summed E-state index contributed by atoms with van der Waals surface area (Å²) in [5.74, 6) is -0.0609. The van der Waals surface area contributed by atoms with Crippen LogP contribution in [0.4, 0.5) is 0 Å². The third-order valence-corrected chi connectivity index (χ3v) is 7.04. The highest BCUT2D eigenvalue weighted by molar-refractivity contribution is 5.99. The Bertz CT molecular complexity index is 1250. The van der Waals surface area contributed by atoms with Gasteiger partial charge in [0.2, 0.25) is 0 Å². The molecule has 3 aromatic rings. The first-order valence-corrected chi connectivity index (χ1v) is 11.8. The van der Waals surface area contributed by atoms with Gasteiger partial charge in [-0.05, 0) is 70.0 Å². The molecular formula is C26H31N5O2. The van der Waals surface area contributed by atoms with E-state index in [2.05, 4.69) is 43.1 Å². The number of pyridine rings is 1. The largest absolute Gasteiger partial charge is 0.345 e. The second-order valence-corrected chi connectivity index (χ2v) is 10.4. The first-order valence-electron chi connectivity index (χ1n) is 11.8. The average Bonchev–Trinajstić information content (AvgIpc) is 3.23. The molecule has 7 heteroatoms. The quantitative estimate of drug-likeness (QED) is 0.652. The standard InChI is InChI=1S/C26H31N5O2/c1-5-21-20-14-18(7-6-17(20)8-11-27-21)24(33)30-12-9-26(10-13-30)15-19-16-31(25(2,3)4)29-22(19)23(32)28-26/h6-8,11,14,16H,5,9-10,12-13,15H2,1-4H3,(H,28,32). The molecular weight excluding hydrogens is 414 g/mol. The summed E-state index contributed by atoms with van der Waals surface area (Å²) < 4.78 is 1.88. The van der Waals surface area contributed by atoms with Crippen LogP contribution in [0, 0.1) is 0 Å². The van der Waals surface area contributed by atoms with E-state index in [1.165, 1.54) is 0 Å². The van der Waals surface area contributed by atoms with Gasteiger partial charge < -0.3 is 10.2 Å². The second-order valence-electron chi connectivity index (χ2n) is 10.4. The fourth-order valence-corrected chi connectivity index (χ4v) is 5.05. The molecule has 2 aliphatic heterocycles. The Balaban J connectivity index is 1.33. The summed E-state index contributed by atoms with van der Waals surface area (Å²) >= 11 is 0. The van der Waals surface area contributed by atoms with Crippen molar-refractivity contribution >= 4 is 22.6 Å². The van der Waals surface area contributed by atoms with E-state index in [0.717, 1.165) is 47.7 Å². The fourth-order valence-electron chi connectivity index (χ4n) is 5.05. The molecule has 2 amide bonds. The third kappa shape index (κ3) is 3.79. The Morgan fingerprint density at radius 3 is 2.64 bits per heavy atom. The number of rotatable bonds is 2. The van der Waals surface area contributed by atoms with Gasteiger partial charge in [0.15, 0.2) is 5.69 Å². The van der Waals surface area contributed by atoms with E-state index >= 15 is 0 Å². The van der Waals surface area contributed by atoms with Crippen molar-refractivity contribution in [3.05, 3.63) is 59.2 Å². The van der Waals surface area contributed by atoms with Crippen molar-refractivity contribution in [2.45, 2.75) is 64.5 Å². The first-order chi connectivity index (χ1) is 15.7. The summed E-state index contributed by atoms with van der Waals surface area (Å²) in [6.45, 7) is 9.55. The first kappa shape index (κ1) is 21.6. The number of nitrogens with zero attached hydrogens (tertiary/aromatic N) is 4. The molecule has 0 bridgehead atoms. The maximum absolute atomic E-state index is 13.3. The van der Waals surface area contributed by atoms with E-state index in [0.29, 0.717) is 24.3 Å². The number of carbonyl (C=O) groups is 2. The van der Waals surface area contributed by atoms with E-state index in [4.69, 9.17) is 0 Å². The van der Waals surface area contributed by atoms with Gasteiger partial charge in [-0.2, -0.15) is 5.10 Å². The number of amides is 2. The van der Waals surface area contributed by atoms with E-state index in [-0.39, 0.29) is 22.9 Å². The van der Waals surface area contributed by atoms with Crippen molar-refractivity contribution in [3.63, 3.8) is 0 Å². The van der Waals surface area contributed by atoms with Crippen LogP contribution in [0.1, 0.15) is 72.6 Å². The molecule has 1 N–H and O–H groups in total. The molecule has 0 atom stereocenters. The van der Waals surface area contributed by atoms with Crippen LogP contribution >= 0.6 is 0 Å². The zero-order valence-electron chi connectivity index (χ0n) is 19.8. The number of fused-ring (bicyclic) bond motifs is 2. The second kappa shape index (κ2) is 7.68. The summed E-state index contributed by atoms with van der Waals surface area (Å²) in [5.41, 5.74) is 2.76. The SMILES string of the molecule is CCc1nccc2ccc(C(=O)N3CCC4(CC3)Cc3cn(C(C)(C)C)nc3C(=O)N4)cc12. The van der Waals surface area contributed by atoms with E-state index in [9.17, 15) is 9.59 Å². The van der Waals surface area contributed by atoms with Crippen molar-refractivity contribution in [1.82, 2.24) is 25.0 Å². The van der Waals surface area contributed by atoms with Gasteiger partial charge in [-0.25, -0.2) is 0 Å². The fraction of sp³-hybridized carbons (Fsp3) is 0.462. The number of carbonyl (C=O) groups excluding carboxylic acids is 2. The van der Waals surface area contributed by atoms with Crippen molar-refractivity contribution < 1.29 is 9.59 Å². The molecule has 4 heterocycles. The van der Waals surface area contributed by atoms with E-state index in [1.807, 2.05) is 46.2 Å². The van der Waals surface area contributed by atoms with Crippen LogP contribution in [0.2, 0.25) is 0 Å². The third-order valence-electron chi connectivity index (χ3n) is 7.04. The molecule has 1 spiro atoms. The van der Waals surface area contributed by atoms with E-state index < -0.39 is 0 Å². The Morgan fingerprint density at radius 2 is 1.94 bits per heavy atom. The van der Waals surface area contributed by atoms with Crippen molar-refractivity contribution in [1.29, 1.82) is 0 Å². The van der Waals surface area contributed by atoms with Gasteiger partial charge in [-0.3, -0.25) is 19.3 Å². The summed E-state index contributed by atoms with van der Waals surface area (Å²) in [6.07, 6.45) is 6.89. The Morgan fingerprint density at radius 1 is 1.18 bits per heavy atom. The maximum Gasteiger partial charge on any atom is 0.272 e. The lowest BCUT2D eigenvalue weighted by Gasteiger charge is -2.44. The number of likely N-dealkylation sites (tertiary alicyclic amines) is 1. The highest BCUT2D eigenvalue weighted by atomic mass is 16.2. The van der Waals surface area contributed by atoms with Crippen LogP contribution in [-0.2, 0) is 18.4 Å². The summed E-state index contributed by atoms with van der Waals surface area (Å²) in [5, 5.41) is 9.92. The van der Waals surface area contributed by atoms with Crippen LogP contribution in [0.15, 0.2) is 36.7 Å². The number of nitrogens with one attached hydrogen (secondary N) is 1. The minimum atomic E-state index is -0.310. The van der Waals surface area contributed by atoms with E-state index in [1.54, 1.807) is 0 Å². The molecule has 7 nitrogen and oxygen atoms in total. The molecule has 0 aliphatic carbocycles. The highest BCUT2D eigenvalue weighted by Crippen LogP contribution is 2.33. The Labute approximate surface area is 194 Å². The van der Waals surface area contributed by atoms with Crippen LogP contribution in [0.25, 0.3) is 10.8 Å². The van der Waals surface area contributed by atoms with Crippen molar-refractivity contribution in [3.8, 4) is 0 Å². The zero-order valence-corrected chi connectivity index (χ0v) is 19.8. The van der Waals surface area contributed by atoms with Gasteiger partial charge >= 0.3 is 0 Å². The summed E-state index contributed by atoms with van der Waals surface area (Å²) in [4.78, 5) is 32.5. The topological polar surface area (TPSA) is 80.1 Å². The lowest BCUT2D eigenvalue weighted by molar-refractivity contribution is 0.0605. The average molecular weight is 446 g/mol. The smallest absolute Gasteiger partial charge is 0.272 e. The molecule has 172 valence electrons. The normalized spacial score (nSPS) is 17.8. The molecule has 0 saturated carbocycles. The van der Waals surface area contributed by atoms with Gasteiger partial charge in [-0.1, -0.05) is 13.0 Å². The van der Waals surface area contributed by atoms with Crippen LogP contribution < -0.4 is 5.32 Å².